The van der Waals surface area contributed by atoms with Crippen LogP contribution in [0.25, 0.3) is 0 Å². The Morgan fingerprint density at radius 1 is 1.54 bits per heavy atom. The summed E-state index contributed by atoms with van der Waals surface area (Å²) in [5, 5.41) is 0. The number of hydrogen-bond donors (Lipinski definition) is 0. The van der Waals surface area contributed by atoms with Gasteiger partial charge in [0.1, 0.15) is 12.6 Å². The molecule has 24 heavy (non-hydrogen) atoms. The SMILES string of the molecule is CC(C)C(C(=O)OCCSI)N1CC(F)(F)CC1c1ccccn1. The van der Waals surface area contributed by atoms with Gasteiger partial charge in [-0.25, -0.2) is 8.78 Å². The summed E-state index contributed by atoms with van der Waals surface area (Å²) in [4.78, 5) is 18.3. The van der Waals surface area contributed by atoms with Crippen LogP contribution in [0.1, 0.15) is 32.0 Å². The van der Waals surface area contributed by atoms with Crippen LogP contribution in [-0.2, 0) is 9.53 Å². The molecule has 0 amide bonds. The lowest BCUT2D eigenvalue weighted by Crippen LogP contribution is -2.46. The van der Waals surface area contributed by atoms with Crippen molar-refractivity contribution in [2.75, 3.05) is 18.9 Å². The topological polar surface area (TPSA) is 42.4 Å². The summed E-state index contributed by atoms with van der Waals surface area (Å²) in [6, 6.07) is 3.97. The van der Waals surface area contributed by atoms with E-state index in [0.717, 1.165) is 0 Å². The average Bonchev–Trinajstić information content (AvgIpc) is 2.83. The van der Waals surface area contributed by atoms with Crippen LogP contribution in [0.2, 0.25) is 0 Å². The van der Waals surface area contributed by atoms with Crippen molar-refractivity contribution in [3.05, 3.63) is 30.1 Å². The molecule has 134 valence electrons. The molecule has 0 N–H and O–H groups in total. The Morgan fingerprint density at radius 2 is 2.29 bits per heavy atom. The lowest BCUT2D eigenvalue weighted by molar-refractivity contribution is -0.152. The molecule has 0 aromatic carbocycles. The van der Waals surface area contributed by atoms with Gasteiger partial charge >= 0.3 is 5.97 Å². The molecule has 0 radical (unpaired) electrons. The number of carbonyl (C=O) groups is 1. The van der Waals surface area contributed by atoms with Gasteiger partial charge in [0.05, 0.1) is 18.3 Å². The van der Waals surface area contributed by atoms with Crippen molar-refractivity contribution in [3.8, 4) is 0 Å². The van der Waals surface area contributed by atoms with Crippen LogP contribution in [-0.4, -0.2) is 46.7 Å². The lowest BCUT2D eigenvalue weighted by Gasteiger charge is -2.33. The molecule has 1 aliphatic heterocycles. The first kappa shape index (κ1) is 19.8. The minimum atomic E-state index is -2.84. The number of aromatic nitrogens is 1. The number of alkyl halides is 2. The second-order valence-electron chi connectivity index (χ2n) is 6.17. The maximum atomic E-state index is 14.1. The second-order valence-corrected chi connectivity index (χ2v) is 8.67. The van der Waals surface area contributed by atoms with Crippen molar-refractivity contribution < 1.29 is 18.3 Å². The summed E-state index contributed by atoms with van der Waals surface area (Å²) < 4.78 is 33.5. The third kappa shape index (κ3) is 5.01. The number of pyridine rings is 1. The summed E-state index contributed by atoms with van der Waals surface area (Å²) in [5.41, 5.74) is 0.566. The Bertz CT molecular complexity index is 548. The molecule has 0 saturated carbocycles. The van der Waals surface area contributed by atoms with Crippen LogP contribution < -0.4 is 0 Å². The Kier molecular flexibility index (Phi) is 7.23. The molecule has 2 heterocycles. The van der Waals surface area contributed by atoms with Gasteiger partial charge < -0.3 is 4.74 Å². The summed E-state index contributed by atoms with van der Waals surface area (Å²) >= 11 is 2.13. The largest absolute Gasteiger partial charge is 0.464 e. The van der Waals surface area contributed by atoms with Crippen LogP contribution in [0.15, 0.2) is 24.4 Å². The first-order valence-corrected chi connectivity index (χ1v) is 11.3. The number of carbonyl (C=O) groups excluding carboxylic acids is 1. The van der Waals surface area contributed by atoms with Crippen molar-refractivity contribution in [1.82, 2.24) is 9.88 Å². The van der Waals surface area contributed by atoms with Gasteiger partial charge in [-0.05, 0) is 39.3 Å². The van der Waals surface area contributed by atoms with Gasteiger partial charge in [0.2, 0.25) is 0 Å². The highest BCUT2D eigenvalue weighted by Crippen LogP contribution is 2.42. The third-order valence-electron chi connectivity index (χ3n) is 3.97. The highest BCUT2D eigenvalue weighted by Gasteiger charge is 2.50. The molecular weight excluding hydrogens is 449 g/mol. The van der Waals surface area contributed by atoms with Gasteiger partial charge in [0.25, 0.3) is 5.92 Å². The molecule has 8 heteroatoms. The van der Waals surface area contributed by atoms with Gasteiger partial charge in [-0.15, -0.1) is 0 Å². The molecule has 1 aromatic heterocycles. The first-order chi connectivity index (χ1) is 11.4. The molecule has 0 aliphatic carbocycles. The zero-order valence-corrected chi connectivity index (χ0v) is 16.6. The van der Waals surface area contributed by atoms with Gasteiger partial charge in [0, 0.05) is 18.4 Å². The van der Waals surface area contributed by atoms with E-state index in [0.29, 0.717) is 11.4 Å². The standard InChI is InChI=1S/C16H21F2IN2O2S/c1-11(2)14(15(22)23-7-8-24-19)21-10-16(17,18)9-13(21)12-5-3-4-6-20-12/h3-6,11,13-14H,7-10H2,1-2H3. The monoisotopic (exact) mass is 470 g/mol. The zero-order valence-electron chi connectivity index (χ0n) is 13.6. The summed E-state index contributed by atoms with van der Waals surface area (Å²) in [5.74, 6) is -2.73. The molecule has 0 bridgehead atoms. The van der Waals surface area contributed by atoms with E-state index in [-0.39, 0.29) is 18.9 Å². The van der Waals surface area contributed by atoms with Gasteiger partial charge in [0.15, 0.2) is 0 Å². The zero-order chi connectivity index (χ0) is 17.7. The summed E-state index contributed by atoms with van der Waals surface area (Å²) in [6.07, 6.45) is 1.26. The van der Waals surface area contributed by atoms with E-state index in [2.05, 4.69) is 26.2 Å². The van der Waals surface area contributed by atoms with Crippen molar-refractivity contribution in [3.63, 3.8) is 0 Å². The highest BCUT2D eigenvalue weighted by atomic mass is 127. The number of nitrogens with zero attached hydrogens (tertiary/aromatic N) is 2. The van der Waals surface area contributed by atoms with Gasteiger partial charge in [-0.2, -0.15) is 0 Å². The number of esters is 1. The smallest absolute Gasteiger partial charge is 0.323 e. The molecule has 2 rings (SSSR count). The van der Waals surface area contributed by atoms with E-state index < -0.39 is 30.5 Å². The molecule has 1 fully saturated rings. The normalized spacial score (nSPS) is 21.8. The number of rotatable bonds is 7. The molecule has 2 unspecified atom stereocenters. The van der Waals surface area contributed by atoms with Gasteiger partial charge in [-0.1, -0.05) is 28.8 Å². The van der Waals surface area contributed by atoms with Crippen molar-refractivity contribution >= 4 is 36.1 Å². The van der Waals surface area contributed by atoms with Crippen LogP contribution in [0.5, 0.6) is 0 Å². The second kappa shape index (κ2) is 8.75. The Hall–Kier alpha value is -0.480. The minimum absolute atomic E-state index is 0.134. The fourth-order valence-electron chi connectivity index (χ4n) is 3.03. The fraction of sp³-hybridized carbons (Fsp3) is 0.625. The van der Waals surface area contributed by atoms with E-state index in [4.69, 9.17) is 4.74 Å². The molecule has 0 spiro atoms. The van der Waals surface area contributed by atoms with Gasteiger partial charge in [-0.3, -0.25) is 14.7 Å². The average molecular weight is 470 g/mol. The third-order valence-corrected chi connectivity index (χ3v) is 5.61. The molecular formula is C16H21F2IN2O2S. The molecule has 1 aromatic rings. The molecule has 1 aliphatic rings. The van der Waals surface area contributed by atoms with Crippen molar-refractivity contribution in [2.45, 2.75) is 38.3 Å². The first-order valence-electron chi connectivity index (χ1n) is 7.80. The quantitative estimate of drug-likeness (QED) is 0.341. The lowest BCUT2D eigenvalue weighted by atomic mass is 10.0. The maximum Gasteiger partial charge on any atom is 0.323 e. The van der Waals surface area contributed by atoms with E-state index in [1.165, 1.54) is 0 Å². The van der Waals surface area contributed by atoms with Crippen LogP contribution >= 0.6 is 30.1 Å². The van der Waals surface area contributed by atoms with Crippen molar-refractivity contribution in [2.24, 2.45) is 5.92 Å². The van der Waals surface area contributed by atoms with E-state index in [9.17, 15) is 13.6 Å². The molecule has 1 saturated heterocycles. The minimum Gasteiger partial charge on any atom is -0.464 e. The van der Waals surface area contributed by atoms with Crippen LogP contribution in [0.4, 0.5) is 8.78 Å². The van der Waals surface area contributed by atoms with Crippen molar-refractivity contribution in [1.29, 1.82) is 0 Å². The summed E-state index contributed by atoms with van der Waals surface area (Å²) in [7, 11) is 1.54. The predicted molar refractivity (Wildman–Crippen MR) is 99.3 cm³/mol. The molecule has 2 atom stereocenters. The Labute approximate surface area is 157 Å². The number of ether oxygens (including phenoxy) is 1. The van der Waals surface area contributed by atoms with E-state index in [1.807, 2.05) is 13.8 Å². The fourth-order valence-corrected chi connectivity index (χ4v) is 3.72. The van der Waals surface area contributed by atoms with E-state index >= 15 is 0 Å². The number of likely N-dealkylation sites (tertiary alicyclic amines) is 1. The predicted octanol–water partition coefficient (Wildman–Crippen LogP) is 4.11. The van der Waals surface area contributed by atoms with Crippen LogP contribution in [0, 0.1) is 5.92 Å². The highest BCUT2D eigenvalue weighted by molar-refractivity contribution is 14.2. The number of halogens is 3. The Balaban J connectivity index is 2.23. The summed E-state index contributed by atoms with van der Waals surface area (Å²) in [6.45, 7) is 3.54. The van der Waals surface area contributed by atoms with E-state index in [1.54, 1.807) is 38.2 Å². The Morgan fingerprint density at radius 3 is 2.88 bits per heavy atom. The number of hydrogen-bond acceptors (Lipinski definition) is 5. The van der Waals surface area contributed by atoms with Crippen LogP contribution in [0.3, 0.4) is 0 Å². The molecule has 4 nitrogen and oxygen atoms in total. The maximum absolute atomic E-state index is 14.1.